The first-order valence-electron chi connectivity index (χ1n) is 32.0. The number of unbranched alkanes of at least 4 members (excludes halogenated alkanes) is 26. The van der Waals surface area contributed by atoms with E-state index in [1.54, 1.807) is 0 Å². The van der Waals surface area contributed by atoms with Gasteiger partial charge in [0.15, 0.2) is 6.10 Å². The Morgan fingerprint density at radius 1 is 0.273 bits per heavy atom. The number of hydrogen-bond donors (Lipinski definition) is 0. The second kappa shape index (κ2) is 64.3. The molecule has 0 spiro atoms. The summed E-state index contributed by atoms with van der Waals surface area (Å²) in [6, 6.07) is 0. The molecule has 0 saturated heterocycles. The van der Waals surface area contributed by atoms with Gasteiger partial charge >= 0.3 is 17.9 Å². The minimum Gasteiger partial charge on any atom is -0.462 e. The van der Waals surface area contributed by atoms with Crippen molar-refractivity contribution >= 4 is 17.9 Å². The van der Waals surface area contributed by atoms with Gasteiger partial charge in [0.2, 0.25) is 0 Å². The molecule has 0 saturated carbocycles. The average Bonchev–Trinajstić information content (AvgIpc) is 3.43. The molecule has 0 aromatic rings. The van der Waals surface area contributed by atoms with Crippen molar-refractivity contribution in [2.75, 3.05) is 13.2 Å². The van der Waals surface area contributed by atoms with Crippen LogP contribution in [0.3, 0.4) is 0 Å². The second-order valence-electron chi connectivity index (χ2n) is 20.9. The van der Waals surface area contributed by atoms with Gasteiger partial charge < -0.3 is 14.2 Å². The zero-order chi connectivity index (χ0) is 55.7. The molecule has 0 aliphatic rings. The van der Waals surface area contributed by atoms with E-state index in [1.807, 2.05) is 0 Å². The summed E-state index contributed by atoms with van der Waals surface area (Å²) >= 11 is 0. The fraction of sp³-hybridized carbons (Fsp3) is 0.676. The van der Waals surface area contributed by atoms with Gasteiger partial charge in [0.25, 0.3) is 0 Å². The Hall–Kier alpha value is -4.19. The molecule has 1 atom stereocenters. The summed E-state index contributed by atoms with van der Waals surface area (Å²) < 4.78 is 16.9. The van der Waals surface area contributed by atoms with Crippen molar-refractivity contribution in [3.05, 3.63) is 122 Å². The summed E-state index contributed by atoms with van der Waals surface area (Å²) in [5, 5.41) is 0. The van der Waals surface area contributed by atoms with Crippen molar-refractivity contribution in [3.63, 3.8) is 0 Å². The molecule has 0 fully saturated rings. The van der Waals surface area contributed by atoms with Crippen molar-refractivity contribution in [2.45, 2.75) is 297 Å². The minimum atomic E-state index is -0.807. The van der Waals surface area contributed by atoms with Gasteiger partial charge in [-0.15, -0.1) is 0 Å². The maximum absolute atomic E-state index is 12.9. The third-order valence-corrected chi connectivity index (χ3v) is 13.4. The van der Waals surface area contributed by atoms with Gasteiger partial charge in [-0.05, 0) is 135 Å². The molecule has 0 rings (SSSR count). The summed E-state index contributed by atoms with van der Waals surface area (Å²) in [6.07, 6.45) is 89.1. The molecular weight excluding hydrogens is 949 g/mol. The maximum Gasteiger partial charge on any atom is 0.306 e. The summed E-state index contributed by atoms with van der Waals surface area (Å²) in [4.78, 5) is 38.4. The summed E-state index contributed by atoms with van der Waals surface area (Å²) in [6.45, 7) is 6.47. The molecule has 0 aliphatic carbocycles. The van der Waals surface area contributed by atoms with Crippen molar-refractivity contribution in [2.24, 2.45) is 0 Å². The largest absolute Gasteiger partial charge is 0.462 e. The third-order valence-electron chi connectivity index (χ3n) is 13.4. The minimum absolute atomic E-state index is 0.101. The lowest BCUT2D eigenvalue weighted by atomic mass is 10.1. The van der Waals surface area contributed by atoms with Crippen LogP contribution in [0, 0.1) is 0 Å². The maximum atomic E-state index is 12.9. The summed E-state index contributed by atoms with van der Waals surface area (Å²) in [5.41, 5.74) is 0. The molecule has 0 bridgehead atoms. The first-order chi connectivity index (χ1) is 38.0. The van der Waals surface area contributed by atoms with Crippen molar-refractivity contribution in [1.29, 1.82) is 0 Å². The Labute approximate surface area is 475 Å². The van der Waals surface area contributed by atoms with E-state index in [0.717, 1.165) is 148 Å². The van der Waals surface area contributed by atoms with Gasteiger partial charge in [-0.1, -0.05) is 258 Å². The van der Waals surface area contributed by atoms with Crippen LogP contribution in [-0.2, 0) is 28.6 Å². The van der Waals surface area contributed by atoms with Gasteiger partial charge in [-0.3, -0.25) is 14.4 Å². The molecule has 0 aromatic heterocycles. The molecule has 0 heterocycles. The molecule has 6 nitrogen and oxygen atoms in total. The van der Waals surface area contributed by atoms with Crippen molar-refractivity contribution in [3.8, 4) is 0 Å². The number of carbonyl (C=O) groups excluding carboxylic acids is 3. The fourth-order valence-corrected chi connectivity index (χ4v) is 8.62. The van der Waals surface area contributed by atoms with E-state index < -0.39 is 6.10 Å². The standard InChI is InChI=1S/C71H118O6/c1-4-7-10-13-16-19-22-25-28-31-33-35-37-40-43-46-49-52-55-58-61-64-70(73)76-67-68(66-75-69(72)63-60-57-54-51-48-45-42-39-30-27-24-21-18-15-12-9-6-3)77-71(74)65-62-59-56-53-50-47-44-41-38-36-34-32-29-26-23-20-17-14-11-8-5-2/h9,12,18,21-23,25-27,30-34,37-38,40-42,45,68H,4-8,10-11,13-17,19-20,24,28-29,35-36,39,43-44,46-67H2,1-3H3/b12-9-,21-18-,25-22-,26-23-,30-27-,33-31-,34-32-,40-37-,41-38-,45-42-. The van der Waals surface area contributed by atoms with Gasteiger partial charge in [-0.25, -0.2) is 0 Å². The van der Waals surface area contributed by atoms with E-state index >= 15 is 0 Å². The van der Waals surface area contributed by atoms with Gasteiger partial charge in [0, 0.05) is 19.3 Å². The van der Waals surface area contributed by atoms with Crippen LogP contribution in [-0.4, -0.2) is 37.2 Å². The van der Waals surface area contributed by atoms with E-state index in [9.17, 15) is 14.4 Å². The van der Waals surface area contributed by atoms with Gasteiger partial charge in [-0.2, -0.15) is 0 Å². The normalized spacial score (nSPS) is 12.9. The zero-order valence-electron chi connectivity index (χ0n) is 50.2. The van der Waals surface area contributed by atoms with Gasteiger partial charge in [0.1, 0.15) is 13.2 Å². The molecule has 0 N–H and O–H groups in total. The van der Waals surface area contributed by atoms with Crippen LogP contribution in [0.4, 0.5) is 0 Å². The lowest BCUT2D eigenvalue weighted by Crippen LogP contribution is -2.30. The van der Waals surface area contributed by atoms with Crippen molar-refractivity contribution < 1.29 is 28.6 Å². The van der Waals surface area contributed by atoms with Crippen LogP contribution in [0.2, 0.25) is 0 Å². The second-order valence-corrected chi connectivity index (χ2v) is 20.9. The smallest absolute Gasteiger partial charge is 0.306 e. The van der Waals surface area contributed by atoms with Crippen molar-refractivity contribution in [1.82, 2.24) is 0 Å². The number of hydrogen-bond acceptors (Lipinski definition) is 6. The van der Waals surface area contributed by atoms with Crippen LogP contribution in [0.15, 0.2) is 122 Å². The first-order valence-corrected chi connectivity index (χ1v) is 32.0. The highest BCUT2D eigenvalue weighted by molar-refractivity contribution is 5.71. The monoisotopic (exact) mass is 1070 g/mol. The van der Waals surface area contributed by atoms with E-state index in [1.165, 1.54) is 103 Å². The third kappa shape index (κ3) is 62.5. The van der Waals surface area contributed by atoms with Crippen LogP contribution in [0.1, 0.15) is 290 Å². The Morgan fingerprint density at radius 3 is 0.792 bits per heavy atom. The number of allylic oxidation sites excluding steroid dienone is 20. The molecule has 0 aliphatic heterocycles. The number of ether oxygens (including phenoxy) is 3. The summed E-state index contributed by atoms with van der Waals surface area (Å²) in [7, 11) is 0. The van der Waals surface area contributed by atoms with Crippen LogP contribution in [0.25, 0.3) is 0 Å². The average molecular weight is 1070 g/mol. The number of esters is 3. The van der Waals surface area contributed by atoms with E-state index in [-0.39, 0.29) is 31.1 Å². The quantitative estimate of drug-likeness (QED) is 0.0261. The topological polar surface area (TPSA) is 78.9 Å². The molecule has 77 heavy (non-hydrogen) atoms. The molecule has 1 unspecified atom stereocenters. The molecular formula is C71H118O6. The molecule has 0 aromatic carbocycles. The Balaban J connectivity index is 4.49. The zero-order valence-corrected chi connectivity index (χ0v) is 50.2. The molecule has 0 amide bonds. The number of rotatable bonds is 57. The Kier molecular flexibility index (Phi) is 60.8. The fourth-order valence-electron chi connectivity index (χ4n) is 8.62. The number of carbonyl (C=O) groups is 3. The predicted octanol–water partition coefficient (Wildman–Crippen LogP) is 22.0. The van der Waals surface area contributed by atoms with E-state index in [0.29, 0.717) is 19.3 Å². The van der Waals surface area contributed by atoms with E-state index in [4.69, 9.17) is 14.2 Å². The lowest BCUT2D eigenvalue weighted by molar-refractivity contribution is -0.167. The first kappa shape index (κ1) is 72.8. The van der Waals surface area contributed by atoms with Crippen LogP contribution < -0.4 is 0 Å². The molecule has 0 radical (unpaired) electrons. The Morgan fingerprint density at radius 2 is 0.506 bits per heavy atom. The molecule has 6 heteroatoms. The van der Waals surface area contributed by atoms with Crippen LogP contribution >= 0.6 is 0 Å². The van der Waals surface area contributed by atoms with E-state index in [2.05, 4.69) is 142 Å². The molecule has 438 valence electrons. The highest BCUT2D eigenvalue weighted by Crippen LogP contribution is 2.14. The summed E-state index contributed by atoms with van der Waals surface area (Å²) in [5.74, 6) is -0.945. The SMILES string of the molecule is CC/C=C\C/C=C\C/C=C\C/C=C\CCCCCCC(=O)OCC(COC(=O)CCCCCCCC/C=C\C/C=C\C/C=C\CCCCCCC)OC(=O)CCCCCCCC/C=C\C/C=C\C/C=C\CCCCCCC. The Bertz CT molecular complexity index is 1600. The highest BCUT2D eigenvalue weighted by Gasteiger charge is 2.19. The highest BCUT2D eigenvalue weighted by atomic mass is 16.6. The van der Waals surface area contributed by atoms with Crippen LogP contribution in [0.5, 0.6) is 0 Å². The van der Waals surface area contributed by atoms with Gasteiger partial charge in [0.05, 0.1) is 0 Å². The predicted molar refractivity (Wildman–Crippen MR) is 334 cm³/mol. The lowest BCUT2D eigenvalue weighted by Gasteiger charge is -2.18.